The molecule has 108 valence electrons. The van der Waals surface area contributed by atoms with Gasteiger partial charge in [0.1, 0.15) is 0 Å². The number of amides is 1. The Morgan fingerprint density at radius 3 is 2.85 bits per heavy atom. The van der Waals surface area contributed by atoms with Gasteiger partial charge in [0.15, 0.2) is 5.75 Å². The molecule has 0 aromatic heterocycles. The third-order valence-electron chi connectivity index (χ3n) is 3.10. The van der Waals surface area contributed by atoms with Gasteiger partial charge in [0, 0.05) is 17.8 Å². The Labute approximate surface area is 115 Å². The first-order valence-electron chi connectivity index (χ1n) is 5.99. The van der Waals surface area contributed by atoms with Gasteiger partial charge in [-0.15, -0.1) is 0 Å². The van der Waals surface area contributed by atoms with E-state index >= 15 is 0 Å². The molecule has 1 aromatic rings. The Balaban J connectivity index is 2.15. The van der Waals surface area contributed by atoms with Crippen LogP contribution in [0.25, 0.3) is 0 Å². The average molecular weight is 281 g/mol. The summed E-state index contributed by atoms with van der Waals surface area (Å²) in [5.74, 6) is -0.625. The van der Waals surface area contributed by atoms with Crippen LogP contribution in [0.5, 0.6) is 5.75 Å². The maximum atomic E-state index is 12.0. The molecule has 20 heavy (non-hydrogen) atoms. The number of methoxy groups -OCH3 is 1. The minimum Gasteiger partial charge on any atom is -0.490 e. The zero-order chi connectivity index (χ0) is 14.7. The highest BCUT2D eigenvalue weighted by molar-refractivity contribution is 5.93. The van der Waals surface area contributed by atoms with E-state index in [1.807, 2.05) is 0 Å². The number of nitro groups is 1. The first-order chi connectivity index (χ1) is 9.52. The Kier molecular flexibility index (Phi) is 4.16. The molecule has 0 aliphatic carbocycles. The van der Waals surface area contributed by atoms with Gasteiger partial charge in [0.05, 0.1) is 31.2 Å². The van der Waals surface area contributed by atoms with Crippen LogP contribution in [-0.4, -0.2) is 37.2 Å². The fourth-order valence-corrected chi connectivity index (χ4v) is 1.99. The van der Waals surface area contributed by atoms with Gasteiger partial charge in [-0.25, -0.2) is 0 Å². The second-order valence-electron chi connectivity index (χ2n) is 4.44. The number of rotatable bonds is 4. The summed E-state index contributed by atoms with van der Waals surface area (Å²) in [6, 6.07) is 3.85. The van der Waals surface area contributed by atoms with E-state index in [1.54, 1.807) is 0 Å². The fourth-order valence-electron chi connectivity index (χ4n) is 1.99. The van der Waals surface area contributed by atoms with Crippen LogP contribution >= 0.6 is 0 Å². The molecule has 1 aromatic carbocycles. The lowest BCUT2D eigenvalue weighted by Crippen LogP contribution is -2.37. The Bertz CT molecular complexity index is 534. The van der Waals surface area contributed by atoms with Crippen LogP contribution in [0.3, 0.4) is 0 Å². The molecule has 1 fully saturated rings. The lowest BCUT2D eigenvalue weighted by molar-refractivity contribution is -0.385. The van der Waals surface area contributed by atoms with Gasteiger partial charge < -0.3 is 20.5 Å². The van der Waals surface area contributed by atoms with Gasteiger partial charge in [0.25, 0.3) is 0 Å². The topological polar surface area (TPSA) is 117 Å². The van der Waals surface area contributed by atoms with Crippen LogP contribution in [0.1, 0.15) is 0 Å². The summed E-state index contributed by atoms with van der Waals surface area (Å²) in [4.78, 5) is 22.3. The summed E-state index contributed by atoms with van der Waals surface area (Å²) in [6.45, 7) is 0.589. The van der Waals surface area contributed by atoms with Gasteiger partial charge in [-0.3, -0.25) is 14.9 Å². The normalized spacial score (nSPS) is 21.5. The van der Waals surface area contributed by atoms with Crippen LogP contribution in [0.15, 0.2) is 18.2 Å². The van der Waals surface area contributed by atoms with Crippen molar-refractivity contribution in [2.45, 2.75) is 6.04 Å². The highest BCUT2D eigenvalue weighted by Crippen LogP contribution is 2.30. The van der Waals surface area contributed by atoms with Crippen molar-refractivity contribution in [2.24, 2.45) is 11.7 Å². The summed E-state index contributed by atoms with van der Waals surface area (Å²) in [6.07, 6.45) is 0. The molecule has 1 aliphatic heterocycles. The number of hydrogen-bond acceptors (Lipinski definition) is 6. The molecule has 2 atom stereocenters. The lowest BCUT2D eigenvalue weighted by Gasteiger charge is -2.13. The van der Waals surface area contributed by atoms with E-state index in [9.17, 15) is 14.9 Å². The molecule has 2 rings (SSSR count). The molecule has 0 radical (unpaired) electrons. The smallest absolute Gasteiger partial charge is 0.312 e. The zero-order valence-corrected chi connectivity index (χ0v) is 10.9. The molecule has 1 heterocycles. The molecular formula is C12H15N3O5. The van der Waals surface area contributed by atoms with Crippen molar-refractivity contribution in [3.8, 4) is 5.75 Å². The molecule has 0 spiro atoms. The Morgan fingerprint density at radius 2 is 2.30 bits per heavy atom. The van der Waals surface area contributed by atoms with Crippen molar-refractivity contribution < 1.29 is 19.2 Å². The maximum Gasteiger partial charge on any atom is 0.312 e. The highest BCUT2D eigenvalue weighted by atomic mass is 16.6. The van der Waals surface area contributed by atoms with Gasteiger partial charge in [0.2, 0.25) is 5.91 Å². The molecule has 1 aliphatic rings. The first-order valence-corrected chi connectivity index (χ1v) is 5.99. The molecule has 0 bridgehead atoms. The van der Waals surface area contributed by atoms with Crippen molar-refractivity contribution in [3.05, 3.63) is 28.3 Å². The average Bonchev–Trinajstić information content (AvgIpc) is 2.85. The van der Waals surface area contributed by atoms with Gasteiger partial charge in [-0.2, -0.15) is 0 Å². The molecular weight excluding hydrogens is 266 g/mol. The Hall–Kier alpha value is -2.19. The number of carbonyl (C=O) groups is 1. The second kappa shape index (κ2) is 5.85. The van der Waals surface area contributed by atoms with E-state index in [-0.39, 0.29) is 30.0 Å². The third-order valence-corrected chi connectivity index (χ3v) is 3.10. The van der Waals surface area contributed by atoms with E-state index in [0.29, 0.717) is 12.3 Å². The number of hydrogen-bond donors (Lipinski definition) is 2. The van der Waals surface area contributed by atoms with Gasteiger partial charge in [-0.05, 0) is 12.1 Å². The predicted octanol–water partition coefficient (Wildman–Crippen LogP) is 0.516. The highest BCUT2D eigenvalue weighted by Gasteiger charge is 2.31. The summed E-state index contributed by atoms with van der Waals surface area (Å²) in [5.41, 5.74) is 5.85. The summed E-state index contributed by atoms with van der Waals surface area (Å²) >= 11 is 0. The molecule has 1 saturated heterocycles. The second-order valence-corrected chi connectivity index (χ2v) is 4.44. The number of nitrogens with one attached hydrogen (secondary N) is 1. The van der Waals surface area contributed by atoms with Crippen LogP contribution < -0.4 is 15.8 Å². The van der Waals surface area contributed by atoms with Gasteiger partial charge in [-0.1, -0.05) is 0 Å². The third kappa shape index (κ3) is 2.86. The van der Waals surface area contributed by atoms with E-state index in [1.165, 1.54) is 25.3 Å². The Morgan fingerprint density at radius 1 is 1.55 bits per heavy atom. The molecule has 0 saturated carbocycles. The molecule has 3 N–H and O–H groups in total. The van der Waals surface area contributed by atoms with E-state index < -0.39 is 10.8 Å². The maximum absolute atomic E-state index is 12.0. The number of anilines is 1. The number of carbonyl (C=O) groups excluding carboxylic acids is 1. The lowest BCUT2D eigenvalue weighted by atomic mass is 10.0. The van der Waals surface area contributed by atoms with E-state index in [2.05, 4.69) is 5.32 Å². The van der Waals surface area contributed by atoms with Crippen LogP contribution in [0, 0.1) is 16.0 Å². The van der Waals surface area contributed by atoms with E-state index in [4.69, 9.17) is 15.2 Å². The molecule has 8 nitrogen and oxygen atoms in total. The van der Waals surface area contributed by atoms with Crippen molar-refractivity contribution in [1.82, 2.24) is 0 Å². The van der Waals surface area contributed by atoms with Crippen LogP contribution in [0.4, 0.5) is 11.4 Å². The number of nitro benzene ring substituents is 1. The van der Waals surface area contributed by atoms with Crippen LogP contribution in [0.2, 0.25) is 0 Å². The zero-order valence-electron chi connectivity index (χ0n) is 10.9. The molecule has 8 heteroatoms. The number of nitrogens with two attached hydrogens (primary N) is 1. The van der Waals surface area contributed by atoms with Crippen molar-refractivity contribution in [1.29, 1.82) is 0 Å². The molecule has 1 amide bonds. The van der Waals surface area contributed by atoms with Crippen molar-refractivity contribution >= 4 is 17.3 Å². The largest absolute Gasteiger partial charge is 0.490 e. The van der Waals surface area contributed by atoms with Crippen molar-refractivity contribution in [2.75, 3.05) is 25.6 Å². The molecule has 2 unspecified atom stereocenters. The van der Waals surface area contributed by atoms with Crippen molar-refractivity contribution in [3.63, 3.8) is 0 Å². The number of benzene rings is 1. The summed E-state index contributed by atoms with van der Waals surface area (Å²) in [5, 5.41) is 13.5. The van der Waals surface area contributed by atoms with Gasteiger partial charge >= 0.3 is 5.69 Å². The fraction of sp³-hybridized carbons (Fsp3) is 0.417. The summed E-state index contributed by atoms with van der Waals surface area (Å²) in [7, 11) is 1.34. The summed E-state index contributed by atoms with van der Waals surface area (Å²) < 4.78 is 10.0. The minimum atomic E-state index is -0.571. The quantitative estimate of drug-likeness (QED) is 0.613. The monoisotopic (exact) mass is 281 g/mol. The number of ether oxygens (including phenoxy) is 2. The predicted molar refractivity (Wildman–Crippen MR) is 70.6 cm³/mol. The SMILES string of the molecule is COc1ccc(NC(=O)C2COCC2N)cc1[N+](=O)[O-]. The van der Waals surface area contributed by atoms with Crippen LogP contribution in [-0.2, 0) is 9.53 Å². The first kappa shape index (κ1) is 14.2. The van der Waals surface area contributed by atoms with E-state index in [0.717, 1.165) is 0 Å². The number of nitrogens with zero attached hydrogens (tertiary/aromatic N) is 1. The minimum absolute atomic E-state index is 0.133. The standard InChI is InChI=1S/C12H15N3O5/c1-19-11-3-2-7(4-10(11)15(17)18)14-12(16)8-5-20-6-9(8)13/h2-4,8-9H,5-6,13H2,1H3,(H,14,16).